The van der Waals surface area contributed by atoms with Crippen molar-refractivity contribution in [2.45, 2.75) is 12.4 Å². The Balaban J connectivity index is 2.42. The van der Waals surface area contributed by atoms with Gasteiger partial charge in [0.1, 0.15) is 22.8 Å². The highest BCUT2D eigenvalue weighted by molar-refractivity contribution is 6.06. The topological polar surface area (TPSA) is 52.7 Å². The van der Waals surface area contributed by atoms with E-state index in [0.29, 0.717) is 21.5 Å². The Hall–Kier alpha value is -2.33. The number of nitrogens with zero attached hydrogens (tertiary/aromatic N) is 4. The van der Waals surface area contributed by atoms with Crippen LogP contribution in [0.2, 0.25) is 0 Å². The molecule has 0 amide bonds. The predicted octanol–water partition coefficient (Wildman–Crippen LogP) is 2.42. The first-order valence-electron chi connectivity index (χ1n) is 5.68. The molecule has 0 bridgehead atoms. The summed E-state index contributed by atoms with van der Waals surface area (Å²) in [6.07, 6.45) is -9.47. The van der Waals surface area contributed by atoms with Gasteiger partial charge in [-0.25, -0.2) is 0 Å². The lowest BCUT2D eigenvalue weighted by molar-refractivity contribution is -0.144. The number of rotatable bonds is 2. The summed E-state index contributed by atoms with van der Waals surface area (Å²) < 4.78 is 76.5. The molecule has 2 aromatic heterocycles. The van der Waals surface area contributed by atoms with Gasteiger partial charge in [-0.1, -0.05) is 0 Å². The van der Waals surface area contributed by atoms with E-state index in [-0.39, 0.29) is 0 Å². The third kappa shape index (κ3) is 2.83. The number of carbonyl (C=O) groups is 1. The molecule has 0 fully saturated rings. The van der Waals surface area contributed by atoms with Crippen LogP contribution in [-0.2, 0) is 26.4 Å². The van der Waals surface area contributed by atoms with E-state index in [2.05, 4.69) is 10.2 Å². The minimum absolute atomic E-state index is 0.431. The van der Waals surface area contributed by atoms with Crippen molar-refractivity contribution in [1.29, 1.82) is 0 Å². The Kier molecular flexibility index (Phi) is 3.54. The quantitative estimate of drug-likeness (QED) is 0.629. The fourth-order valence-electron chi connectivity index (χ4n) is 1.82. The van der Waals surface area contributed by atoms with Crippen molar-refractivity contribution in [3.8, 4) is 0 Å². The number of aryl methyl sites for hydroxylation is 2. The lowest BCUT2D eigenvalue weighted by atomic mass is 10.2. The van der Waals surface area contributed by atoms with Gasteiger partial charge in [-0.3, -0.25) is 14.2 Å². The summed E-state index contributed by atoms with van der Waals surface area (Å²) >= 11 is 0. The molecule has 0 aromatic carbocycles. The van der Waals surface area contributed by atoms with E-state index in [1.54, 1.807) is 0 Å². The zero-order chi connectivity index (χ0) is 16.9. The van der Waals surface area contributed by atoms with Gasteiger partial charge in [-0.2, -0.15) is 36.5 Å². The molecular formula is C11H8F6N4O. The van der Waals surface area contributed by atoms with E-state index in [1.165, 1.54) is 0 Å². The van der Waals surface area contributed by atoms with Gasteiger partial charge in [-0.15, -0.1) is 0 Å². The summed E-state index contributed by atoms with van der Waals surface area (Å²) in [6.45, 7) is 0. The maximum atomic E-state index is 12.6. The number of hydrogen-bond acceptors (Lipinski definition) is 3. The van der Waals surface area contributed by atoms with Gasteiger partial charge in [0.25, 0.3) is 0 Å². The van der Waals surface area contributed by atoms with Gasteiger partial charge >= 0.3 is 12.4 Å². The lowest BCUT2D eigenvalue weighted by Crippen LogP contribution is -2.11. The fraction of sp³-hybridized carbons (Fsp3) is 0.364. The minimum atomic E-state index is -4.73. The number of ketones is 1. The maximum Gasteiger partial charge on any atom is 0.433 e. The average Bonchev–Trinajstić information content (AvgIpc) is 2.90. The van der Waals surface area contributed by atoms with Crippen molar-refractivity contribution >= 4 is 5.78 Å². The van der Waals surface area contributed by atoms with Gasteiger partial charge < -0.3 is 0 Å². The van der Waals surface area contributed by atoms with E-state index in [1.807, 2.05) is 0 Å². The van der Waals surface area contributed by atoms with Gasteiger partial charge in [0.05, 0.1) is 0 Å². The molecule has 0 N–H and O–H groups in total. The molecule has 120 valence electrons. The summed E-state index contributed by atoms with van der Waals surface area (Å²) in [4.78, 5) is 11.9. The van der Waals surface area contributed by atoms with E-state index < -0.39 is 40.9 Å². The van der Waals surface area contributed by atoms with Crippen LogP contribution < -0.4 is 0 Å². The highest BCUT2D eigenvalue weighted by Crippen LogP contribution is 2.31. The summed E-state index contributed by atoms with van der Waals surface area (Å²) in [6, 6.07) is 0.925. The highest BCUT2D eigenvalue weighted by atomic mass is 19.4. The molecule has 2 heterocycles. The van der Waals surface area contributed by atoms with E-state index in [4.69, 9.17) is 0 Å². The molecule has 0 saturated carbocycles. The van der Waals surface area contributed by atoms with Crippen molar-refractivity contribution in [3.63, 3.8) is 0 Å². The number of carbonyl (C=O) groups excluding carboxylic acids is 1. The molecule has 0 aliphatic carbocycles. The van der Waals surface area contributed by atoms with Crippen molar-refractivity contribution < 1.29 is 31.1 Å². The number of aromatic nitrogens is 4. The molecule has 22 heavy (non-hydrogen) atoms. The molecule has 0 aliphatic rings. The minimum Gasteiger partial charge on any atom is -0.285 e. The number of alkyl halides is 6. The molecule has 0 saturated heterocycles. The first-order valence-corrected chi connectivity index (χ1v) is 5.68. The first-order chi connectivity index (χ1) is 9.91. The molecular weight excluding hydrogens is 318 g/mol. The van der Waals surface area contributed by atoms with Crippen LogP contribution in [0.25, 0.3) is 0 Å². The molecule has 2 aromatic rings. The third-order valence-corrected chi connectivity index (χ3v) is 2.81. The molecule has 0 atom stereocenters. The van der Waals surface area contributed by atoms with Gasteiger partial charge in [0.2, 0.25) is 5.78 Å². The van der Waals surface area contributed by atoms with Crippen molar-refractivity contribution in [2.75, 3.05) is 0 Å². The summed E-state index contributed by atoms with van der Waals surface area (Å²) in [7, 11) is 1.94. The normalized spacial score (nSPS) is 12.7. The Labute approximate surface area is 119 Å². The molecule has 0 aliphatic heterocycles. The van der Waals surface area contributed by atoms with E-state index >= 15 is 0 Å². The summed E-state index contributed by atoms with van der Waals surface area (Å²) in [5.74, 6) is -1.13. The van der Waals surface area contributed by atoms with Crippen LogP contribution in [0.4, 0.5) is 26.3 Å². The zero-order valence-corrected chi connectivity index (χ0v) is 11.1. The van der Waals surface area contributed by atoms with Gasteiger partial charge in [-0.05, 0) is 0 Å². The molecule has 5 nitrogen and oxygen atoms in total. The summed E-state index contributed by atoms with van der Waals surface area (Å²) in [5.41, 5.74) is -3.66. The second-order valence-electron chi connectivity index (χ2n) is 4.40. The van der Waals surface area contributed by atoms with Crippen LogP contribution in [0.15, 0.2) is 12.1 Å². The highest BCUT2D eigenvalue weighted by Gasteiger charge is 2.38. The van der Waals surface area contributed by atoms with Crippen LogP contribution in [0.3, 0.4) is 0 Å². The van der Waals surface area contributed by atoms with Gasteiger partial charge in [0, 0.05) is 26.2 Å². The van der Waals surface area contributed by atoms with E-state index in [0.717, 1.165) is 14.1 Å². The van der Waals surface area contributed by atoms with Crippen molar-refractivity contribution in [2.24, 2.45) is 14.1 Å². The van der Waals surface area contributed by atoms with Crippen molar-refractivity contribution in [1.82, 2.24) is 19.6 Å². The largest absolute Gasteiger partial charge is 0.433 e. The average molecular weight is 326 g/mol. The van der Waals surface area contributed by atoms with E-state index in [9.17, 15) is 31.1 Å². The zero-order valence-electron chi connectivity index (χ0n) is 11.1. The smallest absolute Gasteiger partial charge is 0.285 e. The Bertz CT molecular complexity index is 664. The number of halogens is 6. The molecule has 0 unspecified atom stereocenters. The summed E-state index contributed by atoms with van der Waals surface area (Å²) in [5, 5.41) is 6.74. The predicted molar refractivity (Wildman–Crippen MR) is 59.9 cm³/mol. The third-order valence-electron chi connectivity index (χ3n) is 2.81. The Morgan fingerprint density at radius 2 is 1.18 bits per heavy atom. The lowest BCUT2D eigenvalue weighted by Gasteiger charge is -2.04. The standard InChI is InChI=1S/C11H8F6N4O/c1-20-7(10(12,13)14)3-5(18-20)9(22)6-4-8(11(15,16)17)21(2)19-6/h3-4H,1-2H3. The second kappa shape index (κ2) is 4.85. The van der Waals surface area contributed by atoms with Crippen LogP contribution in [0.5, 0.6) is 0 Å². The van der Waals surface area contributed by atoms with Gasteiger partial charge in [0.15, 0.2) is 0 Å². The second-order valence-corrected chi connectivity index (χ2v) is 4.40. The molecule has 11 heteroatoms. The van der Waals surface area contributed by atoms with Crippen LogP contribution >= 0.6 is 0 Å². The van der Waals surface area contributed by atoms with Crippen molar-refractivity contribution in [3.05, 3.63) is 34.9 Å². The SMILES string of the molecule is Cn1nc(C(=O)c2cc(C(F)(F)F)n(C)n2)cc1C(F)(F)F. The Morgan fingerprint density at radius 3 is 1.41 bits per heavy atom. The molecule has 0 radical (unpaired) electrons. The molecule has 2 rings (SSSR count). The Morgan fingerprint density at radius 1 is 0.864 bits per heavy atom. The first kappa shape index (κ1) is 16.0. The molecule has 0 spiro atoms. The van der Waals surface area contributed by atoms with Crippen LogP contribution in [0.1, 0.15) is 27.6 Å². The van der Waals surface area contributed by atoms with Crippen LogP contribution in [0, 0.1) is 0 Å². The fourth-order valence-corrected chi connectivity index (χ4v) is 1.82. The monoisotopic (exact) mass is 326 g/mol. The van der Waals surface area contributed by atoms with Crippen LogP contribution in [-0.4, -0.2) is 25.3 Å². The maximum absolute atomic E-state index is 12.6. The number of hydrogen-bond donors (Lipinski definition) is 0.